The molecular formula is C16H22N4O3S. The molecule has 1 unspecified atom stereocenters. The van der Waals surface area contributed by atoms with Crippen LogP contribution in [-0.2, 0) is 9.47 Å². The minimum Gasteiger partial charge on any atom is -0.383 e. The molecule has 1 saturated heterocycles. The number of morpholine rings is 1. The number of hydrogen-bond acceptors (Lipinski definition) is 7. The van der Waals surface area contributed by atoms with Gasteiger partial charge in [-0.1, -0.05) is 0 Å². The first kappa shape index (κ1) is 17.1. The second-order valence-electron chi connectivity index (χ2n) is 5.86. The molecule has 2 aromatic heterocycles. The minimum absolute atomic E-state index is 0.0506. The van der Waals surface area contributed by atoms with Gasteiger partial charge in [-0.2, -0.15) is 0 Å². The van der Waals surface area contributed by atoms with Crippen molar-refractivity contribution in [3.05, 3.63) is 16.8 Å². The van der Waals surface area contributed by atoms with E-state index in [4.69, 9.17) is 9.47 Å². The zero-order chi connectivity index (χ0) is 17.1. The van der Waals surface area contributed by atoms with Crippen molar-refractivity contribution < 1.29 is 14.3 Å². The zero-order valence-electron chi connectivity index (χ0n) is 14.2. The van der Waals surface area contributed by atoms with Crippen LogP contribution in [-0.4, -0.2) is 66.8 Å². The van der Waals surface area contributed by atoms with Gasteiger partial charge in [0.1, 0.15) is 17.0 Å². The van der Waals surface area contributed by atoms with Gasteiger partial charge in [0.2, 0.25) is 0 Å². The van der Waals surface area contributed by atoms with E-state index in [9.17, 15) is 4.79 Å². The smallest absolute Gasteiger partial charge is 0.264 e. The Morgan fingerprint density at radius 1 is 1.46 bits per heavy atom. The maximum Gasteiger partial charge on any atom is 0.264 e. The molecule has 0 spiro atoms. The molecule has 7 nitrogen and oxygen atoms in total. The molecule has 1 amide bonds. The Bertz CT molecular complexity index is 727. The summed E-state index contributed by atoms with van der Waals surface area (Å²) in [4.78, 5) is 24.9. The second-order valence-corrected chi connectivity index (χ2v) is 6.86. The predicted octanol–water partition coefficient (Wildman–Crippen LogP) is 1.92. The van der Waals surface area contributed by atoms with Crippen LogP contribution in [0, 0.1) is 6.92 Å². The van der Waals surface area contributed by atoms with Crippen LogP contribution in [0.4, 0.5) is 5.82 Å². The number of aromatic nitrogens is 2. The zero-order valence-corrected chi connectivity index (χ0v) is 15.0. The van der Waals surface area contributed by atoms with Gasteiger partial charge in [0, 0.05) is 26.2 Å². The summed E-state index contributed by atoms with van der Waals surface area (Å²) in [5.74, 6) is 0.800. The molecule has 0 saturated carbocycles. The standard InChI is InChI=1S/C16H22N4O3S/c1-10(8-22-3)19-14-12-11(2)13(24-15(12)18-9-17-14)16(21)20-4-6-23-7-5-20/h9-10H,4-8H2,1-3H3,(H,17,18,19). The Kier molecular flexibility index (Phi) is 5.27. The molecular weight excluding hydrogens is 328 g/mol. The van der Waals surface area contributed by atoms with Crippen molar-refractivity contribution in [1.29, 1.82) is 0 Å². The second kappa shape index (κ2) is 7.42. The Hall–Kier alpha value is -1.77. The number of carbonyl (C=O) groups excluding carboxylic acids is 1. The van der Waals surface area contributed by atoms with Gasteiger partial charge in [0.15, 0.2) is 0 Å². The fourth-order valence-corrected chi connectivity index (χ4v) is 3.94. The summed E-state index contributed by atoms with van der Waals surface area (Å²) in [5, 5.41) is 4.26. The number of nitrogens with zero attached hydrogens (tertiary/aromatic N) is 3. The van der Waals surface area contributed by atoms with E-state index in [0.29, 0.717) is 32.9 Å². The van der Waals surface area contributed by atoms with Gasteiger partial charge in [0.05, 0.1) is 30.1 Å². The average molecular weight is 350 g/mol. The number of carbonyl (C=O) groups is 1. The molecule has 1 aliphatic heterocycles. The van der Waals surface area contributed by atoms with Crippen molar-refractivity contribution in [2.24, 2.45) is 0 Å². The van der Waals surface area contributed by atoms with Gasteiger partial charge >= 0.3 is 0 Å². The molecule has 8 heteroatoms. The summed E-state index contributed by atoms with van der Waals surface area (Å²) in [6.07, 6.45) is 1.53. The Morgan fingerprint density at radius 2 is 2.21 bits per heavy atom. The number of fused-ring (bicyclic) bond motifs is 1. The number of rotatable bonds is 5. The van der Waals surface area contributed by atoms with E-state index in [0.717, 1.165) is 26.5 Å². The lowest BCUT2D eigenvalue weighted by Crippen LogP contribution is -2.40. The molecule has 130 valence electrons. The highest BCUT2D eigenvalue weighted by molar-refractivity contribution is 7.20. The van der Waals surface area contributed by atoms with E-state index in [-0.39, 0.29) is 11.9 Å². The van der Waals surface area contributed by atoms with Crippen molar-refractivity contribution in [2.45, 2.75) is 19.9 Å². The van der Waals surface area contributed by atoms with Crippen molar-refractivity contribution in [1.82, 2.24) is 14.9 Å². The summed E-state index contributed by atoms with van der Waals surface area (Å²) >= 11 is 1.43. The molecule has 1 atom stereocenters. The van der Waals surface area contributed by atoms with Crippen molar-refractivity contribution >= 4 is 33.3 Å². The summed E-state index contributed by atoms with van der Waals surface area (Å²) < 4.78 is 10.5. The average Bonchev–Trinajstić information content (AvgIpc) is 2.93. The van der Waals surface area contributed by atoms with Crippen LogP contribution in [0.3, 0.4) is 0 Å². The number of methoxy groups -OCH3 is 1. The molecule has 0 radical (unpaired) electrons. The summed E-state index contributed by atoms with van der Waals surface area (Å²) in [7, 11) is 1.67. The van der Waals surface area contributed by atoms with Gasteiger partial charge < -0.3 is 19.7 Å². The van der Waals surface area contributed by atoms with Gasteiger partial charge in [-0.25, -0.2) is 9.97 Å². The minimum atomic E-state index is 0.0506. The number of nitrogens with one attached hydrogen (secondary N) is 1. The van der Waals surface area contributed by atoms with Crippen molar-refractivity contribution in [3.8, 4) is 0 Å². The van der Waals surface area contributed by atoms with E-state index in [1.165, 1.54) is 17.7 Å². The van der Waals surface area contributed by atoms with E-state index in [1.807, 2.05) is 18.7 Å². The molecule has 0 aromatic carbocycles. The monoisotopic (exact) mass is 350 g/mol. The van der Waals surface area contributed by atoms with Crippen LogP contribution in [0.2, 0.25) is 0 Å². The fourth-order valence-electron chi connectivity index (χ4n) is 2.82. The van der Waals surface area contributed by atoms with Crippen LogP contribution < -0.4 is 5.32 Å². The topological polar surface area (TPSA) is 76.6 Å². The maximum absolute atomic E-state index is 12.8. The normalized spacial score (nSPS) is 16.4. The van der Waals surface area contributed by atoms with Gasteiger partial charge in [0.25, 0.3) is 5.91 Å². The molecule has 3 rings (SSSR count). The summed E-state index contributed by atoms with van der Waals surface area (Å²) in [6, 6.07) is 0.116. The Balaban J connectivity index is 1.93. The van der Waals surface area contributed by atoms with E-state index >= 15 is 0 Å². The molecule has 1 fully saturated rings. The van der Waals surface area contributed by atoms with E-state index in [2.05, 4.69) is 15.3 Å². The van der Waals surface area contributed by atoms with Gasteiger partial charge in [-0.05, 0) is 19.4 Å². The first-order chi connectivity index (χ1) is 11.6. The van der Waals surface area contributed by atoms with Gasteiger partial charge in [-0.15, -0.1) is 11.3 Å². The first-order valence-corrected chi connectivity index (χ1v) is 8.80. The summed E-state index contributed by atoms with van der Waals surface area (Å²) in [6.45, 7) is 7.02. The number of amides is 1. The fraction of sp³-hybridized carbons (Fsp3) is 0.562. The number of aryl methyl sites for hydroxylation is 1. The van der Waals surface area contributed by atoms with Crippen molar-refractivity contribution in [3.63, 3.8) is 0 Å². The largest absolute Gasteiger partial charge is 0.383 e. The molecule has 3 heterocycles. The number of thiophene rings is 1. The lowest BCUT2D eigenvalue weighted by molar-refractivity contribution is 0.0306. The van der Waals surface area contributed by atoms with Crippen LogP contribution in [0.5, 0.6) is 0 Å². The molecule has 1 aliphatic rings. The Labute approximate surface area is 145 Å². The highest BCUT2D eigenvalue weighted by Crippen LogP contribution is 2.34. The van der Waals surface area contributed by atoms with Crippen LogP contribution in [0.25, 0.3) is 10.2 Å². The van der Waals surface area contributed by atoms with Crippen molar-refractivity contribution in [2.75, 3.05) is 45.3 Å². The third-order valence-electron chi connectivity index (χ3n) is 4.02. The first-order valence-electron chi connectivity index (χ1n) is 7.98. The molecule has 2 aromatic rings. The lowest BCUT2D eigenvalue weighted by Gasteiger charge is -2.26. The molecule has 1 N–H and O–H groups in total. The van der Waals surface area contributed by atoms with Crippen LogP contribution in [0.1, 0.15) is 22.2 Å². The maximum atomic E-state index is 12.8. The number of anilines is 1. The number of ether oxygens (including phenoxy) is 2. The highest BCUT2D eigenvalue weighted by atomic mass is 32.1. The van der Waals surface area contributed by atoms with E-state index < -0.39 is 0 Å². The summed E-state index contributed by atoms with van der Waals surface area (Å²) in [5.41, 5.74) is 0.930. The van der Waals surface area contributed by atoms with E-state index in [1.54, 1.807) is 7.11 Å². The Morgan fingerprint density at radius 3 is 2.92 bits per heavy atom. The van der Waals surface area contributed by atoms with Crippen LogP contribution in [0.15, 0.2) is 6.33 Å². The van der Waals surface area contributed by atoms with Crippen LogP contribution >= 0.6 is 11.3 Å². The molecule has 0 bridgehead atoms. The molecule has 24 heavy (non-hydrogen) atoms. The number of hydrogen-bond donors (Lipinski definition) is 1. The lowest BCUT2D eigenvalue weighted by atomic mass is 10.1. The molecule has 0 aliphatic carbocycles. The highest BCUT2D eigenvalue weighted by Gasteiger charge is 2.25. The third kappa shape index (κ3) is 3.35. The predicted molar refractivity (Wildman–Crippen MR) is 93.8 cm³/mol. The quantitative estimate of drug-likeness (QED) is 0.888. The SMILES string of the molecule is COCC(C)Nc1ncnc2sc(C(=O)N3CCOCC3)c(C)c12. The van der Waals surface area contributed by atoms with Gasteiger partial charge in [-0.3, -0.25) is 4.79 Å². The third-order valence-corrected chi connectivity index (χ3v) is 5.21.